The molecule has 0 aliphatic rings. The second-order valence-corrected chi connectivity index (χ2v) is 12.0. The summed E-state index contributed by atoms with van der Waals surface area (Å²) in [6.45, 7) is 15.5. The molecule has 0 spiro atoms. The molecule has 0 saturated carbocycles. The van der Waals surface area contributed by atoms with Gasteiger partial charge in [-0.3, -0.25) is 9.59 Å². The molecule has 0 unspecified atom stereocenters. The van der Waals surface area contributed by atoms with Crippen LogP contribution >= 0.6 is 0 Å². The first-order valence-corrected chi connectivity index (χ1v) is 13.1. The molecule has 0 aromatic heterocycles. The van der Waals surface area contributed by atoms with E-state index in [2.05, 4.69) is 10.6 Å². The Morgan fingerprint density at radius 3 is 1.24 bits per heavy atom. The lowest BCUT2D eigenvalue weighted by molar-refractivity contribution is -0.122. The van der Waals surface area contributed by atoms with Crippen LogP contribution < -0.4 is 10.6 Å². The highest BCUT2D eigenvalue weighted by atomic mass is 16.3. The minimum absolute atomic E-state index is 0.0187. The number of hydrogen-bond acceptors (Lipinski definition) is 6. The monoisotopic (exact) mass is 528 g/mol. The minimum atomic E-state index is -0.454. The summed E-state index contributed by atoms with van der Waals surface area (Å²) in [7, 11) is 0. The number of benzene rings is 2. The molecule has 38 heavy (non-hydrogen) atoms. The van der Waals surface area contributed by atoms with Crippen molar-refractivity contribution >= 4 is 11.8 Å². The van der Waals surface area contributed by atoms with E-state index in [1.165, 1.54) is 0 Å². The molecule has 0 bridgehead atoms. The van der Waals surface area contributed by atoms with Crippen molar-refractivity contribution in [3.05, 3.63) is 45.5 Å². The average Bonchev–Trinajstić information content (AvgIpc) is 2.78. The number of carbonyl (C=O) groups excluding carboxylic acids is 2. The van der Waals surface area contributed by atoms with Gasteiger partial charge in [0.1, 0.15) is 23.0 Å². The Hall–Kier alpha value is -3.42. The van der Waals surface area contributed by atoms with E-state index in [1.807, 2.05) is 41.5 Å². The van der Waals surface area contributed by atoms with Crippen LogP contribution in [0.5, 0.6) is 23.0 Å². The quantitative estimate of drug-likeness (QED) is 0.265. The van der Waals surface area contributed by atoms with Gasteiger partial charge in [-0.15, -0.1) is 0 Å². The molecule has 6 N–H and O–H groups in total. The summed E-state index contributed by atoms with van der Waals surface area (Å²) in [6.07, 6.45) is 0.955. The summed E-state index contributed by atoms with van der Waals surface area (Å²) in [5.74, 6) is -0.231. The molecular formula is C30H44N2O6. The van der Waals surface area contributed by atoms with Crippen molar-refractivity contribution in [2.45, 2.75) is 91.9 Å². The molecule has 0 atom stereocenters. The van der Waals surface area contributed by atoms with Crippen LogP contribution in [0, 0.1) is 13.8 Å². The Kier molecular flexibility index (Phi) is 9.70. The second-order valence-electron chi connectivity index (χ2n) is 12.0. The predicted octanol–water partition coefficient (Wildman–Crippen LogP) is 4.52. The fraction of sp³-hybridized carbons (Fsp3) is 0.533. The van der Waals surface area contributed by atoms with Crippen LogP contribution in [0.2, 0.25) is 0 Å². The molecule has 0 aliphatic carbocycles. The maximum atomic E-state index is 12.3. The van der Waals surface area contributed by atoms with Gasteiger partial charge in [0.2, 0.25) is 11.8 Å². The topological polar surface area (TPSA) is 139 Å². The van der Waals surface area contributed by atoms with E-state index in [0.717, 1.165) is 0 Å². The molecule has 2 aromatic carbocycles. The first-order chi connectivity index (χ1) is 17.4. The zero-order valence-corrected chi connectivity index (χ0v) is 24.0. The van der Waals surface area contributed by atoms with Gasteiger partial charge >= 0.3 is 0 Å². The number of phenolic OH excluding ortho intramolecular Hbond substituents is 4. The third kappa shape index (κ3) is 7.55. The van der Waals surface area contributed by atoms with Gasteiger partial charge in [-0.25, -0.2) is 0 Å². The van der Waals surface area contributed by atoms with Gasteiger partial charge in [-0.1, -0.05) is 41.5 Å². The van der Waals surface area contributed by atoms with Crippen molar-refractivity contribution in [3.63, 3.8) is 0 Å². The minimum Gasteiger partial charge on any atom is -0.507 e. The van der Waals surface area contributed by atoms with Crippen LogP contribution in [-0.2, 0) is 33.3 Å². The summed E-state index contributed by atoms with van der Waals surface area (Å²) in [6, 6.07) is 3.40. The van der Waals surface area contributed by atoms with E-state index in [-0.39, 0.29) is 60.7 Å². The van der Waals surface area contributed by atoms with E-state index in [0.29, 0.717) is 46.2 Å². The van der Waals surface area contributed by atoms with E-state index >= 15 is 0 Å². The molecular weight excluding hydrogens is 484 g/mol. The molecule has 2 rings (SSSR count). The number of nitrogens with one attached hydrogen (secondary N) is 2. The molecule has 8 nitrogen and oxygen atoms in total. The lowest BCUT2D eigenvalue weighted by atomic mass is 9.82. The van der Waals surface area contributed by atoms with E-state index < -0.39 is 10.8 Å². The van der Waals surface area contributed by atoms with Crippen LogP contribution in [0.1, 0.15) is 87.8 Å². The van der Waals surface area contributed by atoms with Gasteiger partial charge in [-0.05, 0) is 71.9 Å². The zero-order valence-electron chi connectivity index (χ0n) is 24.0. The second kappa shape index (κ2) is 12.0. The van der Waals surface area contributed by atoms with Gasteiger partial charge in [-0.2, -0.15) is 0 Å². The highest BCUT2D eigenvalue weighted by Gasteiger charge is 2.27. The molecule has 2 aromatic rings. The maximum absolute atomic E-state index is 12.3. The zero-order chi connectivity index (χ0) is 29.0. The Bertz CT molecular complexity index is 1100. The number of aryl methyl sites for hydroxylation is 4. The molecule has 2 amide bonds. The fourth-order valence-electron chi connectivity index (χ4n) is 4.61. The Morgan fingerprint density at radius 2 is 0.947 bits per heavy atom. The standard InChI is InChI=1S/C30H44N2O6/c1-17-15-19(27(37)23(25(17)35)29(3,4)5)9-11-21(33)31-13-14-32-22(34)12-10-20-16-18(2)26(36)24(28(20)38)30(6,7)8/h15-16,35-38H,9-14H2,1-8H3,(H,31,33)(H,32,34). The molecule has 0 fully saturated rings. The van der Waals surface area contributed by atoms with Gasteiger partial charge in [0.05, 0.1) is 0 Å². The third-order valence-corrected chi connectivity index (χ3v) is 6.60. The van der Waals surface area contributed by atoms with Crippen molar-refractivity contribution in [1.82, 2.24) is 10.6 Å². The summed E-state index contributed by atoms with van der Waals surface area (Å²) < 4.78 is 0. The van der Waals surface area contributed by atoms with Crippen molar-refractivity contribution in [2.24, 2.45) is 0 Å². The first-order valence-electron chi connectivity index (χ1n) is 13.1. The van der Waals surface area contributed by atoms with Gasteiger partial charge in [0.25, 0.3) is 0 Å². The lowest BCUT2D eigenvalue weighted by Crippen LogP contribution is -2.34. The van der Waals surface area contributed by atoms with Crippen LogP contribution in [0.4, 0.5) is 0 Å². The Morgan fingerprint density at radius 1 is 0.632 bits per heavy atom. The van der Waals surface area contributed by atoms with Crippen molar-refractivity contribution in [3.8, 4) is 23.0 Å². The Balaban J connectivity index is 1.84. The molecule has 8 heteroatoms. The van der Waals surface area contributed by atoms with E-state index in [9.17, 15) is 30.0 Å². The van der Waals surface area contributed by atoms with Crippen LogP contribution in [0.15, 0.2) is 12.1 Å². The molecule has 0 saturated heterocycles. The molecule has 0 radical (unpaired) electrons. The lowest BCUT2D eigenvalue weighted by Gasteiger charge is -2.24. The largest absolute Gasteiger partial charge is 0.507 e. The average molecular weight is 529 g/mol. The number of phenols is 4. The molecule has 210 valence electrons. The maximum Gasteiger partial charge on any atom is 0.220 e. The summed E-state index contributed by atoms with van der Waals surface area (Å²) >= 11 is 0. The molecule has 0 aliphatic heterocycles. The van der Waals surface area contributed by atoms with Crippen molar-refractivity contribution in [1.29, 1.82) is 0 Å². The van der Waals surface area contributed by atoms with Crippen LogP contribution in [0.25, 0.3) is 0 Å². The Labute approximate surface area is 226 Å². The number of carbonyl (C=O) groups is 2. The van der Waals surface area contributed by atoms with Gasteiger partial charge in [0.15, 0.2) is 0 Å². The third-order valence-electron chi connectivity index (χ3n) is 6.60. The van der Waals surface area contributed by atoms with E-state index in [1.54, 1.807) is 26.0 Å². The number of rotatable bonds is 9. The number of hydrogen-bond donors (Lipinski definition) is 6. The highest BCUT2D eigenvalue weighted by Crippen LogP contribution is 2.43. The van der Waals surface area contributed by atoms with Gasteiger partial charge in [0, 0.05) is 37.1 Å². The van der Waals surface area contributed by atoms with E-state index in [4.69, 9.17) is 0 Å². The normalized spacial score (nSPS) is 11.9. The van der Waals surface area contributed by atoms with Crippen LogP contribution in [-0.4, -0.2) is 45.3 Å². The SMILES string of the molecule is Cc1cc(CCC(=O)NCCNC(=O)CCc2cc(C)c(O)c(C(C)(C)C)c2O)c(O)c(C(C)(C)C)c1O. The highest BCUT2D eigenvalue weighted by molar-refractivity contribution is 5.77. The number of aromatic hydroxyl groups is 4. The fourth-order valence-corrected chi connectivity index (χ4v) is 4.61. The summed E-state index contributed by atoms with van der Waals surface area (Å²) in [5, 5.41) is 47.7. The van der Waals surface area contributed by atoms with Gasteiger partial charge < -0.3 is 31.1 Å². The predicted molar refractivity (Wildman–Crippen MR) is 149 cm³/mol. The summed E-state index contributed by atoms with van der Waals surface area (Å²) in [4.78, 5) is 24.6. The number of amides is 2. The van der Waals surface area contributed by atoms with Crippen molar-refractivity contribution < 1.29 is 30.0 Å². The first kappa shape index (κ1) is 30.8. The van der Waals surface area contributed by atoms with Crippen molar-refractivity contribution in [2.75, 3.05) is 13.1 Å². The molecule has 0 heterocycles. The van der Waals surface area contributed by atoms with Crippen LogP contribution in [0.3, 0.4) is 0 Å². The smallest absolute Gasteiger partial charge is 0.220 e. The summed E-state index contributed by atoms with van der Waals surface area (Å²) in [5.41, 5.74) is 2.55.